The molecule has 0 aliphatic carbocycles. The fraction of sp³-hybridized carbons (Fsp3) is 0.765. The van der Waals surface area contributed by atoms with Crippen molar-refractivity contribution in [1.82, 2.24) is 9.80 Å². The predicted octanol–water partition coefficient (Wildman–Crippen LogP) is 2.71. The lowest BCUT2D eigenvalue weighted by molar-refractivity contribution is -0.143. The average molecular weight is 306 g/mol. The van der Waals surface area contributed by atoms with Crippen LogP contribution in [0.25, 0.3) is 0 Å². The Morgan fingerprint density at radius 1 is 1.36 bits per heavy atom. The van der Waals surface area contributed by atoms with E-state index in [9.17, 15) is 9.59 Å². The molecule has 3 aliphatic rings. The van der Waals surface area contributed by atoms with Crippen molar-refractivity contribution in [3.8, 4) is 0 Å². The highest BCUT2D eigenvalue weighted by molar-refractivity contribution is 5.94. The van der Waals surface area contributed by atoms with Gasteiger partial charge >= 0.3 is 6.09 Å². The minimum Gasteiger partial charge on any atom is -0.444 e. The lowest BCUT2D eigenvalue weighted by Gasteiger charge is -2.43. The lowest BCUT2D eigenvalue weighted by atomic mass is 9.89. The first-order valence-electron chi connectivity index (χ1n) is 8.27. The highest BCUT2D eigenvalue weighted by atomic mass is 16.6. The smallest absolute Gasteiger partial charge is 0.411 e. The number of rotatable bonds is 0. The van der Waals surface area contributed by atoms with E-state index in [0.717, 1.165) is 19.3 Å². The maximum Gasteiger partial charge on any atom is 0.411 e. The van der Waals surface area contributed by atoms with Gasteiger partial charge in [0.25, 0.3) is 5.91 Å². The molecule has 0 aromatic rings. The highest BCUT2D eigenvalue weighted by Crippen LogP contribution is 2.41. The number of likely N-dealkylation sites (tertiary alicyclic amines) is 1. The van der Waals surface area contributed by atoms with E-state index >= 15 is 0 Å². The van der Waals surface area contributed by atoms with Crippen molar-refractivity contribution in [2.45, 2.75) is 76.6 Å². The van der Waals surface area contributed by atoms with Crippen LogP contribution < -0.4 is 0 Å². The van der Waals surface area contributed by atoms with Gasteiger partial charge in [-0.1, -0.05) is 12.2 Å². The molecular formula is C17H26N2O3. The van der Waals surface area contributed by atoms with E-state index in [1.807, 2.05) is 31.7 Å². The topological polar surface area (TPSA) is 49.9 Å². The third-order valence-electron chi connectivity index (χ3n) is 4.95. The summed E-state index contributed by atoms with van der Waals surface area (Å²) in [4.78, 5) is 29.3. The van der Waals surface area contributed by atoms with E-state index in [1.165, 1.54) is 0 Å². The second-order valence-electron chi connectivity index (χ2n) is 7.73. The van der Waals surface area contributed by atoms with Crippen molar-refractivity contribution in [2.24, 2.45) is 0 Å². The quantitative estimate of drug-likeness (QED) is 0.647. The number of hydrogen-bond donors (Lipinski definition) is 0. The maximum atomic E-state index is 13.1. The molecular weight excluding hydrogens is 280 g/mol. The van der Waals surface area contributed by atoms with Crippen LogP contribution in [0, 0.1) is 0 Å². The number of nitrogens with zero attached hydrogens (tertiary/aromatic N) is 2. The van der Waals surface area contributed by atoms with Crippen LogP contribution in [-0.4, -0.2) is 51.6 Å². The molecule has 2 amide bonds. The number of hydrogen-bond acceptors (Lipinski definition) is 3. The first kappa shape index (κ1) is 15.4. The number of carbonyl (C=O) groups is 2. The summed E-state index contributed by atoms with van der Waals surface area (Å²) >= 11 is 0. The van der Waals surface area contributed by atoms with Gasteiger partial charge in [0, 0.05) is 12.6 Å². The Labute approximate surface area is 132 Å². The van der Waals surface area contributed by atoms with Gasteiger partial charge in [0.05, 0.1) is 6.04 Å². The van der Waals surface area contributed by atoms with Crippen molar-refractivity contribution in [3.63, 3.8) is 0 Å². The Balaban J connectivity index is 1.90. The zero-order chi connectivity index (χ0) is 16.1. The fourth-order valence-electron chi connectivity index (χ4n) is 3.93. The molecule has 0 radical (unpaired) electrons. The van der Waals surface area contributed by atoms with Gasteiger partial charge in [-0.15, -0.1) is 0 Å². The molecule has 2 fully saturated rings. The fourth-order valence-corrected chi connectivity index (χ4v) is 3.93. The first-order valence-corrected chi connectivity index (χ1v) is 8.27. The van der Waals surface area contributed by atoms with Crippen LogP contribution in [0.1, 0.15) is 53.4 Å². The third-order valence-corrected chi connectivity index (χ3v) is 4.95. The van der Waals surface area contributed by atoms with Crippen LogP contribution in [-0.2, 0) is 9.53 Å². The standard InChI is InChI=1S/C17H26N2O3/c1-12-6-7-13-8-10-17(14(20)19(12)13)9-5-11-18(17)15(21)22-16(2,3)4/h8,10,12-13H,5-7,9,11H2,1-4H3/t12-,13+,17-/m1/s1. The van der Waals surface area contributed by atoms with E-state index in [4.69, 9.17) is 4.74 Å². The van der Waals surface area contributed by atoms with Crippen LogP contribution in [0.2, 0.25) is 0 Å². The van der Waals surface area contributed by atoms with Gasteiger partial charge in [-0.25, -0.2) is 4.79 Å². The second kappa shape index (κ2) is 5.00. The van der Waals surface area contributed by atoms with Crippen LogP contribution >= 0.6 is 0 Å². The highest BCUT2D eigenvalue weighted by Gasteiger charge is 2.55. The summed E-state index contributed by atoms with van der Waals surface area (Å²) in [7, 11) is 0. The molecule has 5 nitrogen and oxygen atoms in total. The predicted molar refractivity (Wildman–Crippen MR) is 83.4 cm³/mol. The number of fused-ring (bicyclic) bond motifs is 1. The Morgan fingerprint density at radius 3 is 2.77 bits per heavy atom. The molecule has 3 atom stereocenters. The molecule has 0 aromatic carbocycles. The van der Waals surface area contributed by atoms with Crippen molar-refractivity contribution in [1.29, 1.82) is 0 Å². The van der Waals surface area contributed by atoms with Gasteiger partial charge in [0.15, 0.2) is 0 Å². The zero-order valence-corrected chi connectivity index (χ0v) is 14.0. The molecule has 3 rings (SSSR count). The van der Waals surface area contributed by atoms with E-state index in [-0.39, 0.29) is 24.1 Å². The number of carbonyl (C=O) groups excluding carboxylic acids is 2. The Kier molecular flexibility index (Phi) is 3.49. The van der Waals surface area contributed by atoms with Crippen LogP contribution in [0.4, 0.5) is 4.79 Å². The molecule has 3 aliphatic heterocycles. The summed E-state index contributed by atoms with van der Waals surface area (Å²) in [5, 5.41) is 0. The van der Waals surface area contributed by atoms with Crippen molar-refractivity contribution in [3.05, 3.63) is 12.2 Å². The minimum atomic E-state index is -0.822. The lowest BCUT2D eigenvalue weighted by Crippen LogP contribution is -2.61. The van der Waals surface area contributed by atoms with Crippen LogP contribution in [0.3, 0.4) is 0 Å². The van der Waals surface area contributed by atoms with Crippen molar-refractivity contribution < 1.29 is 14.3 Å². The molecule has 5 heteroatoms. The van der Waals surface area contributed by atoms with Crippen molar-refractivity contribution >= 4 is 12.0 Å². The molecule has 22 heavy (non-hydrogen) atoms. The van der Waals surface area contributed by atoms with Gasteiger partial charge < -0.3 is 9.64 Å². The van der Waals surface area contributed by atoms with Crippen LogP contribution in [0.5, 0.6) is 0 Å². The Hall–Kier alpha value is -1.52. The molecule has 1 spiro atoms. The minimum absolute atomic E-state index is 0.0772. The maximum absolute atomic E-state index is 13.1. The summed E-state index contributed by atoms with van der Waals surface area (Å²) in [5.41, 5.74) is -1.37. The number of ether oxygens (including phenoxy) is 1. The largest absolute Gasteiger partial charge is 0.444 e. The Morgan fingerprint density at radius 2 is 2.09 bits per heavy atom. The molecule has 122 valence electrons. The molecule has 0 N–H and O–H groups in total. The molecule has 0 unspecified atom stereocenters. The van der Waals surface area contributed by atoms with E-state index < -0.39 is 11.1 Å². The third kappa shape index (κ3) is 2.31. The molecule has 0 saturated carbocycles. The van der Waals surface area contributed by atoms with Gasteiger partial charge in [-0.05, 0) is 53.4 Å². The summed E-state index contributed by atoms with van der Waals surface area (Å²) in [6, 6.07) is 0.453. The molecule has 2 saturated heterocycles. The molecule has 0 aromatic heterocycles. The number of amides is 2. The van der Waals surface area contributed by atoms with Gasteiger partial charge in [0.1, 0.15) is 11.1 Å². The van der Waals surface area contributed by atoms with E-state index in [0.29, 0.717) is 13.0 Å². The summed E-state index contributed by atoms with van der Waals surface area (Å²) in [6.07, 6.45) is 7.28. The normalized spacial score (nSPS) is 34.5. The van der Waals surface area contributed by atoms with Gasteiger partial charge in [-0.3, -0.25) is 9.69 Å². The van der Waals surface area contributed by atoms with Gasteiger partial charge in [-0.2, -0.15) is 0 Å². The first-order chi connectivity index (χ1) is 10.2. The summed E-state index contributed by atoms with van der Waals surface area (Å²) in [5.74, 6) is 0.0772. The Bertz CT molecular complexity index is 522. The SMILES string of the molecule is C[C@@H]1CC[C@H]2C=C[C@]3(CCCN3C(=O)OC(C)(C)C)C(=O)N12. The second-order valence-corrected chi connectivity index (χ2v) is 7.73. The summed E-state index contributed by atoms with van der Waals surface area (Å²) in [6.45, 7) is 8.23. The van der Waals surface area contributed by atoms with E-state index in [2.05, 4.69) is 13.0 Å². The van der Waals surface area contributed by atoms with Gasteiger partial charge in [0.2, 0.25) is 0 Å². The average Bonchev–Trinajstić information content (AvgIpc) is 2.98. The zero-order valence-electron chi connectivity index (χ0n) is 14.0. The molecule has 0 bridgehead atoms. The van der Waals surface area contributed by atoms with E-state index in [1.54, 1.807) is 4.90 Å². The van der Waals surface area contributed by atoms with Crippen LogP contribution in [0.15, 0.2) is 12.2 Å². The summed E-state index contributed by atoms with van der Waals surface area (Å²) < 4.78 is 5.52. The molecule has 3 heterocycles. The monoisotopic (exact) mass is 306 g/mol. The van der Waals surface area contributed by atoms with Crippen molar-refractivity contribution in [2.75, 3.05) is 6.54 Å².